The van der Waals surface area contributed by atoms with Gasteiger partial charge in [0.25, 0.3) is 0 Å². The Kier molecular flexibility index (Phi) is 6.72. The fourth-order valence-electron chi connectivity index (χ4n) is 3.05. The molecule has 8 heteroatoms. The van der Waals surface area contributed by atoms with E-state index in [9.17, 15) is 13.2 Å². The molecule has 1 aliphatic heterocycles. The van der Waals surface area contributed by atoms with Gasteiger partial charge in [-0.1, -0.05) is 41.4 Å². The van der Waals surface area contributed by atoms with Crippen molar-refractivity contribution in [1.82, 2.24) is 14.5 Å². The number of rotatable bonds is 6. The van der Waals surface area contributed by atoms with Gasteiger partial charge in [0.05, 0.1) is 11.4 Å². The van der Waals surface area contributed by atoms with Crippen molar-refractivity contribution >= 4 is 27.5 Å². The maximum Gasteiger partial charge on any atom is 0.243 e. The number of benzene rings is 2. The van der Waals surface area contributed by atoms with E-state index in [2.05, 4.69) is 5.32 Å². The number of halogens is 1. The van der Waals surface area contributed by atoms with Crippen LogP contribution >= 0.6 is 11.6 Å². The molecular weight excluding hydrogens is 398 g/mol. The average molecular weight is 422 g/mol. The molecule has 0 unspecified atom stereocenters. The molecule has 1 heterocycles. The molecule has 0 radical (unpaired) electrons. The summed E-state index contributed by atoms with van der Waals surface area (Å²) in [6, 6.07) is 14.2. The third kappa shape index (κ3) is 5.32. The van der Waals surface area contributed by atoms with E-state index < -0.39 is 10.0 Å². The smallest absolute Gasteiger partial charge is 0.243 e. The van der Waals surface area contributed by atoms with Crippen LogP contribution in [0.2, 0.25) is 5.02 Å². The standard InChI is InChI=1S/C20H24ClN3O3S/c1-16-2-8-19(9-3-16)28(26,27)24-12-10-23(11-13-24)15-20(25)22-14-17-4-6-18(21)7-5-17/h2-9H,10-15H2,1H3,(H,22,25). The molecule has 0 aromatic heterocycles. The predicted octanol–water partition coefficient (Wildman–Crippen LogP) is 2.27. The van der Waals surface area contributed by atoms with E-state index in [0.29, 0.717) is 42.6 Å². The lowest BCUT2D eigenvalue weighted by Gasteiger charge is -2.33. The monoisotopic (exact) mass is 421 g/mol. The van der Waals surface area contributed by atoms with E-state index in [1.165, 1.54) is 4.31 Å². The van der Waals surface area contributed by atoms with E-state index in [-0.39, 0.29) is 12.5 Å². The molecule has 2 aromatic rings. The average Bonchev–Trinajstić information content (AvgIpc) is 2.68. The fourth-order valence-corrected chi connectivity index (χ4v) is 4.60. The summed E-state index contributed by atoms with van der Waals surface area (Å²) in [5.74, 6) is -0.0789. The summed E-state index contributed by atoms with van der Waals surface area (Å²) in [6.45, 7) is 4.43. The van der Waals surface area contributed by atoms with Gasteiger partial charge in [0.2, 0.25) is 15.9 Å². The summed E-state index contributed by atoms with van der Waals surface area (Å²) >= 11 is 5.85. The lowest BCUT2D eigenvalue weighted by atomic mass is 10.2. The van der Waals surface area contributed by atoms with Gasteiger partial charge in [-0.05, 0) is 36.8 Å². The molecule has 1 aliphatic rings. The van der Waals surface area contributed by atoms with Crippen molar-refractivity contribution in [2.24, 2.45) is 0 Å². The van der Waals surface area contributed by atoms with Crippen LogP contribution in [0.5, 0.6) is 0 Å². The zero-order valence-electron chi connectivity index (χ0n) is 15.8. The van der Waals surface area contributed by atoms with Crippen molar-refractivity contribution in [3.63, 3.8) is 0 Å². The summed E-state index contributed by atoms with van der Waals surface area (Å²) in [4.78, 5) is 14.5. The summed E-state index contributed by atoms with van der Waals surface area (Å²) < 4.78 is 26.9. The number of hydrogen-bond donors (Lipinski definition) is 1. The number of amides is 1. The van der Waals surface area contributed by atoms with Crippen LogP contribution in [-0.2, 0) is 21.4 Å². The summed E-state index contributed by atoms with van der Waals surface area (Å²) in [5, 5.41) is 3.54. The molecule has 1 fully saturated rings. The van der Waals surface area contributed by atoms with E-state index >= 15 is 0 Å². The maximum atomic E-state index is 12.7. The van der Waals surface area contributed by atoms with Gasteiger partial charge in [0.15, 0.2) is 0 Å². The highest BCUT2D eigenvalue weighted by Crippen LogP contribution is 2.18. The van der Waals surface area contributed by atoms with E-state index in [4.69, 9.17) is 11.6 Å². The molecule has 1 amide bonds. The molecule has 2 aromatic carbocycles. The zero-order chi connectivity index (χ0) is 20.1. The molecule has 0 spiro atoms. The minimum absolute atomic E-state index is 0.0789. The Labute approximate surface area is 171 Å². The Hall–Kier alpha value is -1.93. The number of hydrogen-bond acceptors (Lipinski definition) is 4. The summed E-state index contributed by atoms with van der Waals surface area (Å²) in [5.41, 5.74) is 2.00. The van der Waals surface area contributed by atoms with Crippen LogP contribution < -0.4 is 5.32 Å². The molecule has 1 saturated heterocycles. The molecule has 6 nitrogen and oxygen atoms in total. The van der Waals surface area contributed by atoms with Gasteiger partial charge >= 0.3 is 0 Å². The predicted molar refractivity (Wildman–Crippen MR) is 110 cm³/mol. The van der Waals surface area contributed by atoms with Crippen molar-refractivity contribution in [2.45, 2.75) is 18.4 Å². The number of carbonyl (C=O) groups is 1. The molecule has 0 aliphatic carbocycles. The van der Waals surface area contributed by atoms with Crippen molar-refractivity contribution < 1.29 is 13.2 Å². The largest absolute Gasteiger partial charge is 0.351 e. The Balaban J connectivity index is 1.47. The van der Waals surface area contributed by atoms with Gasteiger partial charge in [-0.3, -0.25) is 9.69 Å². The quantitative estimate of drug-likeness (QED) is 0.776. The van der Waals surface area contributed by atoms with Crippen LogP contribution in [0, 0.1) is 6.92 Å². The van der Waals surface area contributed by atoms with Crippen molar-refractivity contribution in [1.29, 1.82) is 0 Å². The number of piperazine rings is 1. The van der Waals surface area contributed by atoms with Crippen molar-refractivity contribution in [3.05, 3.63) is 64.7 Å². The molecule has 0 saturated carbocycles. The van der Waals surface area contributed by atoms with Gasteiger partial charge in [0, 0.05) is 37.7 Å². The molecular formula is C20H24ClN3O3S. The van der Waals surface area contributed by atoms with E-state index in [1.807, 2.05) is 24.0 Å². The highest BCUT2D eigenvalue weighted by atomic mass is 35.5. The first-order valence-corrected chi connectivity index (χ1v) is 11.0. The fraction of sp³-hybridized carbons (Fsp3) is 0.350. The first-order valence-electron chi connectivity index (χ1n) is 9.15. The van der Waals surface area contributed by atoms with Crippen molar-refractivity contribution in [2.75, 3.05) is 32.7 Å². The minimum Gasteiger partial charge on any atom is -0.351 e. The summed E-state index contributed by atoms with van der Waals surface area (Å²) in [6.07, 6.45) is 0. The van der Waals surface area contributed by atoms with Gasteiger partial charge in [-0.2, -0.15) is 4.31 Å². The molecule has 1 N–H and O–H groups in total. The van der Waals surface area contributed by atoms with Gasteiger partial charge in [0.1, 0.15) is 0 Å². The zero-order valence-corrected chi connectivity index (χ0v) is 17.3. The number of aryl methyl sites for hydroxylation is 1. The van der Waals surface area contributed by atoms with Crippen LogP contribution in [0.15, 0.2) is 53.4 Å². The molecule has 0 bridgehead atoms. The third-order valence-corrected chi connectivity index (χ3v) is 6.93. The summed E-state index contributed by atoms with van der Waals surface area (Å²) in [7, 11) is -3.49. The Bertz CT molecular complexity index is 907. The second-order valence-corrected chi connectivity index (χ2v) is 9.27. The lowest BCUT2D eigenvalue weighted by Crippen LogP contribution is -2.50. The first-order chi connectivity index (χ1) is 13.3. The highest BCUT2D eigenvalue weighted by Gasteiger charge is 2.28. The molecule has 28 heavy (non-hydrogen) atoms. The number of carbonyl (C=O) groups excluding carboxylic acids is 1. The van der Waals surface area contributed by atoms with Crippen LogP contribution in [-0.4, -0.2) is 56.3 Å². The van der Waals surface area contributed by atoms with Crippen LogP contribution in [0.25, 0.3) is 0 Å². The number of nitrogens with zero attached hydrogens (tertiary/aromatic N) is 2. The lowest BCUT2D eigenvalue weighted by molar-refractivity contribution is -0.122. The van der Waals surface area contributed by atoms with Gasteiger partial charge < -0.3 is 5.32 Å². The third-order valence-electron chi connectivity index (χ3n) is 4.76. The SMILES string of the molecule is Cc1ccc(S(=O)(=O)N2CCN(CC(=O)NCc3ccc(Cl)cc3)CC2)cc1. The van der Waals surface area contributed by atoms with Crippen LogP contribution in [0.1, 0.15) is 11.1 Å². The second kappa shape index (κ2) is 9.05. The van der Waals surface area contributed by atoms with Crippen LogP contribution in [0.4, 0.5) is 0 Å². The number of sulfonamides is 1. The number of nitrogens with one attached hydrogen (secondary N) is 1. The van der Waals surface area contributed by atoms with Gasteiger partial charge in [-0.15, -0.1) is 0 Å². The molecule has 0 atom stereocenters. The van der Waals surface area contributed by atoms with Gasteiger partial charge in [-0.25, -0.2) is 8.42 Å². The first kappa shape index (κ1) is 20.8. The maximum absolute atomic E-state index is 12.7. The molecule has 150 valence electrons. The van der Waals surface area contributed by atoms with E-state index in [1.54, 1.807) is 36.4 Å². The van der Waals surface area contributed by atoms with Crippen LogP contribution in [0.3, 0.4) is 0 Å². The topological polar surface area (TPSA) is 69.7 Å². The highest BCUT2D eigenvalue weighted by molar-refractivity contribution is 7.89. The molecule has 3 rings (SSSR count). The Morgan fingerprint density at radius 1 is 1.00 bits per heavy atom. The minimum atomic E-state index is -3.49. The van der Waals surface area contributed by atoms with E-state index in [0.717, 1.165) is 11.1 Å². The second-order valence-electron chi connectivity index (χ2n) is 6.90. The normalized spacial score (nSPS) is 16.1. The Morgan fingerprint density at radius 2 is 1.61 bits per heavy atom. The Morgan fingerprint density at radius 3 is 2.21 bits per heavy atom. The van der Waals surface area contributed by atoms with Crippen molar-refractivity contribution in [3.8, 4) is 0 Å².